The van der Waals surface area contributed by atoms with Crippen LogP contribution in [0.3, 0.4) is 0 Å². The first-order chi connectivity index (χ1) is 8.86. The molecule has 18 heavy (non-hydrogen) atoms. The summed E-state index contributed by atoms with van der Waals surface area (Å²) >= 11 is 0. The van der Waals surface area contributed by atoms with Crippen molar-refractivity contribution in [3.05, 3.63) is 35.4 Å². The van der Waals surface area contributed by atoms with Crippen molar-refractivity contribution in [2.75, 3.05) is 7.11 Å². The molecule has 0 aromatic heterocycles. The van der Waals surface area contributed by atoms with Gasteiger partial charge in [0.25, 0.3) is 0 Å². The third-order valence-corrected chi connectivity index (χ3v) is 4.45. The number of benzene rings is 1. The molecule has 1 unspecified atom stereocenters. The van der Waals surface area contributed by atoms with Crippen LogP contribution in [0.2, 0.25) is 0 Å². The van der Waals surface area contributed by atoms with Gasteiger partial charge in [-0.2, -0.15) is 0 Å². The zero-order chi connectivity index (χ0) is 12.4. The van der Waals surface area contributed by atoms with E-state index in [0.717, 1.165) is 24.4 Å². The van der Waals surface area contributed by atoms with E-state index in [0.29, 0.717) is 6.61 Å². The van der Waals surface area contributed by atoms with Crippen molar-refractivity contribution in [3.8, 4) is 0 Å². The van der Waals surface area contributed by atoms with Gasteiger partial charge in [0.05, 0.1) is 6.61 Å². The monoisotopic (exact) mass is 245 g/mol. The van der Waals surface area contributed by atoms with E-state index in [1.54, 1.807) is 7.11 Å². The molecule has 2 heteroatoms. The molecule has 2 saturated carbocycles. The van der Waals surface area contributed by atoms with Crippen LogP contribution in [-0.4, -0.2) is 13.2 Å². The lowest BCUT2D eigenvalue weighted by Crippen LogP contribution is -2.33. The minimum Gasteiger partial charge on any atom is -0.380 e. The van der Waals surface area contributed by atoms with E-state index in [1.807, 2.05) is 0 Å². The Labute approximate surface area is 110 Å². The van der Waals surface area contributed by atoms with Gasteiger partial charge in [0.15, 0.2) is 0 Å². The Hall–Kier alpha value is -0.860. The maximum Gasteiger partial charge on any atom is 0.0713 e. The van der Waals surface area contributed by atoms with Gasteiger partial charge in [-0.05, 0) is 35.8 Å². The molecule has 0 spiro atoms. The normalized spacial score (nSPS) is 29.9. The molecule has 2 aliphatic carbocycles. The van der Waals surface area contributed by atoms with E-state index in [-0.39, 0.29) is 0 Å². The van der Waals surface area contributed by atoms with E-state index in [4.69, 9.17) is 4.74 Å². The summed E-state index contributed by atoms with van der Waals surface area (Å²) in [5.41, 5.74) is 2.65. The molecule has 98 valence electrons. The number of fused-ring (bicyclic) bond motifs is 1. The summed E-state index contributed by atoms with van der Waals surface area (Å²) in [4.78, 5) is 0. The molecule has 2 nitrogen and oxygen atoms in total. The molecule has 1 aromatic rings. The van der Waals surface area contributed by atoms with E-state index in [1.165, 1.54) is 36.8 Å². The van der Waals surface area contributed by atoms with Gasteiger partial charge >= 0.3 is 0 Å². The second kappa shape index (κ2) is 5.41. The highest BCUT2D eigenvalue weighted by Gasteiger charge is 2.44. The zero-order valence-electron chi connectivity index (χ0n) is 11.2. The van der Waals surface area contributed by atoms with E-state index >= 15 is 0 Å². The lowest BCUT2D eigenvalue weighted by Gasteiger charge is -2.22. The molecule has 0 radical (unpaired) electrons. The largest absolute Gasteiger partial charge is 0.380 e. The van der Waals surface area contributed by atoms with Crippen LogP contribution >= 0.6 is 0 Å². The average Bonchev–Trinajstić information content (AvgIpc) is 3.17. The van der Waals surface area contributed by atoms with E-state index in [2.05, 4.69) is 29.6 Å². The highest BCUT2D eigenvalue weighted by atomic mass is 16.5. The van der Waals surface area contributed by atoms with Crippen LogP contribution in [0.5, 0.6) is 0 Å². The van der Waals surface area contributed by atoms with Crippen LogP contribution in [0.4, 0.5) is 0 Å². The first-order valence-electron chi connectivity index (χ1n) is 7.17. The Bertz CT molecular complexity index is 404. The first-order valence-corrected chi connectivity index (χ1v) is 7.17. The Balaban J connectivity index is 1.54. The van der Waals surface area contributed by atoms with Crippen LogP contribution < -0.4 is 5.32 Å². The van der Waals surface area contributed by atoms with Crippen molar-refractivity contribution in [3.63, 3.8) is 0 Å². The summed E-state index contributed by atoms with van der Waals surface area (Å²) in [6.07, 6.45) is 5.75. The topological polar surface area (TPSA) is 21.3 Å². The van der Waals surface area contributed by atoms with Gasteiger partial charge in [0.1, 0.15) is 0 Å². The molecule has 2 fully saturated rings. The Morgan fingerprint density at radius 1 is 1.28 bits per heavy atom. The minimum absolute atomic E-state index is 0.710. The molecule has 0 heterocycles. The second-order valence-electron chi connectivity index (χ2n) is 5.83. The Morgan fingerprint density at radius 2 is 2.17 bits per heavy atom. The Morgan fingerprint density at radius 3 is 3.06 bits per heavy atom. The van der Waals surface area contributed by atoms with Crippen LogP contribution in [0.1, 0.15) is 36.8 Å². The maximum atomic E-state index is 5.18. The molecule has 0 bridgehead atoms. The zero-order valence-corrected chi connectivity index (χ0v) is 11.2. The number of hydrogen-bond acceptors (Lipinski definition) is 2. The number of hydrogen-bond donors (Lipinski definition) is 1. The molecule has 3 rings (SSSR count). The van der Waals surface area contributed by atoms with E-state index in [9.17, 15) is 0 Å². The quantitative estimate of drug-likeness (QED) is 0.860. The van der Waals surface area contributed by atoms with Crippen molar-refractivity contribution in [1.82, 2.24) is 5.32 Å². The summed E-state index contributed by atoms with van der Waals surface area (Å²) in [6.45, 7) is 1.72. The molecule has 0 saturated heterocycles. The van der Waals surface area contributed by atoms with Gasteiger partial charge < -0.3 is 10.1 Å². The molecule has 0 amide bonds. The Kier molecular flexibility index (Phi) is 3.67. The lowest BCUT2D eigenvalue weighted by atomic mass is 9.95. The molecular weight excluding hydrogens is 222 g/mol. The van der Waals surface area contributed by atoms with Crippen LogP contribution in [0.25, 0.3) is 0 Å². The SMILES string of the molecule is COCc1cccc(CNC2CCC[C@H]3C[C@@H]23)c1. The maximum absolute atomic E-state index is 5.18. The summed E-state index contributed by atoms with van der Waals surface area (Å²) in [6, 6.07) is 9.49. The van der Waals surface area contributed by atoms with Gasteiger partial charge in [-0.3, -0.25) is 0 Å². The molecule has 2 aliphatic rings. The first kappa shape index (κ1) is 12.2. The molecular formula is C16H23NO. The minimum atomic E-state index is 0.710. The predicted molar refractivity (Wildman–Crippen MR) is 73.2 cm³/mol. The summed E-state index contributed by atoms with van der Waals surface area (Å²) in [7, 11) is 1.75. The highest BCUT2D eigenvalue weighted by molar-refractivity contribution is 5.23. The highest BCUT2D eigenvalue weighted by Crippen LogP contribution is 2.49. The van der Waals surface area contributed by atoms with Crippen LogP contribution in [0, 0.1) is 11.8 Å². The van der Waals surface area contributed by atoms with Crippen molar-refractivity contribution in [1.29, 1.82) is 0 Å². The van der Waals surface area contributed by atoms with Gasteiger partial charge in [-0.15, -0.1) is 0 Å². The summed E-state index contributed by atoms with van der Waals surface area (Å²) in [5, 5.41) is 3.76. The third-order valence-electron chi connectivity index (χ3n) is 4.45. The smallest absolute Gasteiger partial charge is 0.0713 e. The number of methoxy groups -OCH3 is 1. The molecule has 0 aliphatic heterocycles. The van der Waals surface area contributed by atoms with Gasteiger partial charge in [-0.25, -0.2) is 0 Å². The van der Waals surface area contributed by atoms with Crippen molar-refractivity contribution in [2.24, 2.45) is 11.8 Å². The van der Waals surface area contributed by atoms with Crippen LogP contribution in [0.15, 0.2) is 24.3 Å². The third kappa shape index (κ3) is 2.76. The average molecular weight is 245 g/mol. The van der Waals surface area contributed by atoms with Crippen molar-refractivity contribution in [2.45, 2.75) is 44.9 Å². The van der Waals surface area contributed by atoms with Gasteiger partial charge in [0.2, 0.25) is 0 Å². The molecule has 1 aromatic carbocycles. The van der Waals surface area contributed by atoms with Crippen molar-refractivity contribution >= 4 is 0 Å². The second-order valence-corrected chi connectivity index (χ2v) is 5.83. The molecule has 1 N–H and O–H groups in total. The standard InChI is InChI=1S/C16H23NO/c1-18-11-13-5-2-4-12(8-13)10-17-16-7-3-6-14-9-15(14)16/h2,4-5,8,14-17H,3,6-7,9-11H2,1H3/t14-,15+,16?/m0/s1. The fraction of sp³-hybridized carbons (Fsp3) is 0.625. The van der Waals surface area contributed by atoms with Crippen LogP contribution in [-0.2, 0) is 17.9 Å². The van der Waals surface area contributed by atoms with Gasteiger partial charge in [-0.1, -0.05) is 37.1 Å². The van der Waals surface area contributed by atoms with E-state index < -0.39 is 0 Å². The fourth-order valence-corrected chi connectivity index (χ4v) is 3.41. The summed E-state index contributed by atoms with van der Waals surface area (Å²) in [5.74, 6) is 2.04. The number of nitrogens with one attached hydrogen (secondary N) is 1. The van der Waals surface area contributed by atoms with Crippen molar-refractivity contribution < 1.29 is 4.74 Å². The predicted octanol–water partition coefficient (Wildman–Crippen LogP) is 3.11. The fourth-order valence-electron chi connectivity index (χ4n) is 3.41. The lowest BCUT2D eigenvalue weighted by molar-refractivity contribution is 0.185. The van der Waals surface area contributed by atoms with Gasteiger partial charge in [0, 0.05) is 19.7 Å². The number of ether oxygens (including phenoxy) is 1. The summed E-state index contributed by atoms with van der Waals surface area (Å²) < 4.78 is 5.18. The molecule has 3 atom stereocenters. The number of rotatable bonds is 5.